The molecule has 122 valence electrons. The van der Waals surface area contributed by atoms with Gasteiger partial charge in [0.1, 0.15) is 0 Å². The second kappa shape index (κ2) is 8.71. The van der Waals surface area contributed by atoms with Crippen LogP contribution in [0.5, 0.6) is 0 Å². The van der Waals surface area contributed by atoms with Crippen molar-refractivity contribution in [3.63, 3.8) is 0 Å². The van der Waals surface area contributed by atoms with Gasteiger partial charge in [0.25, 0.3) is 0 Å². The van der Waals surface area contributed by atoms with E-state index in [2.05, 4.69) is 17.3 Å². The van der Waals surface area contributed by atoms with Crippen LogP contribution in [-0.2, 0) is 9.53 Å². The van der Waals surface area contributed by atoms with Crippen molar-refractivity contribution in [1.82, 2.24) is 15.1 Å². The topological polar surface area (TPSA) is 44.8 Å². The van der Waals surface area contributed by atoms with E-state index in [1.807, 2.05) is 11.9 Å². The molecule has 2 aliphatic heterocycles. The molecule has 0 unspecified atom stereocenters. The lowest BCUT2D eigenvalue weighted by Crippen LogP contribution is -2.45. The highest BCUT2D eigenvalue weighted by Crippen LogP contribution is 2.17. The van der Waals surface area contributed by atoms with Crippen molar-refractivity contribution >= 4 is 5.91 Å². The molecule has 1 atom stereocenters. The van der Waals surface area contributed by atoms with Gasteiger partial charge in [-0.1, -0.05) is 0 Å². The van der Waals surface area contributed by atoms with Crippen LogP contribution < -0.4 is 5.32 Å². The second-order valence-electron chi connectivity index (χ2n) is 6.49. The molecule has 1 N–H and O–H groups in total. The minimum absolute atomic E-state index is 0.239. The molecule has 5 heteroatoms. The highest BCUT2D eigenvalue weighted by Gasteiger charge is 2.21. The lowest BCUT2D eigenvalue weighted by Gasteiger charge is -2.32. The summed E-state index contributed by atoms with van der Waals surface area (Å²) >= 11 is 0. The van der Waals surface area contributed by atoms with Crippen LogP contribution in [0.1, 0.15) is 38.5 Å². The van der Waals surface area contributed by atoms with Crippen molar-refractivity contribution in [2.45, 2.75) is 50.7 Å². The number of carbonyl (C=O) groups is 1. The van der Waals surface area contributed by atoms with Crippen molar-refractivity contribution in [1.29, 1.82) is 0 Å². The molecule has 2 fully saturated rings. The molecule has 0 saturated carbocycles. The molecule has 5 nitrogen and oxygen atoms in total. The fraction of sp³-hybridized carbons (Fsp3) is 0.938. The maximum atomic E-state index is 12.3. The molecule has 21 heavy (non-hydrogen) atoms. The van der Waals surface area contributed by atoms with Gasteiger partial charge >= 0.3 is 0 Å². The monoisotopic (exact) mass is 297 g/mol. The van der Waals surface area contributed by atoms with Crippen molar-refractivity contribution in [2.24, 2.45) is 0 Å². The zero-order valence-corrected chi connectivity index (χ0v) is 13.6. The lowest BCUT2D eigenvalue weighted by atomic mass is 10.1. The average Bonchev–Trinajstić information content (AvgIpc) is 3.01. The van der Waals surface area contributed by atoms with Gasteiger partial charge < -0.3 is 15.0 Å². The van der Waals surface area contributed by atoms with Crippen LogP contribution in [0.3, 0.4) is 0 Å². The van der Waals surface area contributed by atoms with Crippen molar-refractivity contribution in [3.05, 3.63) is 0 Å². The van der Waals surface area contributed by atoms with Crippen molar-refractivity contribution < 1.29 is 9.53 Å². The predicted octanol–water partition coefficient (Wildman–Crippen LogP) is 1.09. The molecule has 0 aromatic rings. The third-order valence-corrected chi connectivity index (χ3v) is 4.79. The van der Waals surface area contributed by atoms with E-state index in [4.69, 9.17) is 4.74 Å². The van der Waals surface area contributed by atoms with Crippen molar-refractivity contribution in [2.75, 3.05) is 46.9 Å². The molecule has 0 aromatic carbocycles. The zero-order chi connectivity index (χ0) is 15.1. The summed E-state index contributed by atoms with van der Waals surface area (Å²) in [5.74, 6) is 0.239. The number of likely N-dealkylation sites (N-methyl/N-ethyl adjacent to an activating group) is 2. The highest BCUT2D eigenvalue weighted by molar-refractivity contribution is 5.77. The molecule has 2 aliphatic rings. The van der Waals surface area contributed by atoms with Crippen LogP contribution in [0.25, 0.3) is 0 Å². The number of rotatable bonds is 7. The Morgan fingerprint density at radius 1 is 1.24 bits per heavy atom. The van der Waals surface area contributed by atoms with E-state index in [-0.39, 0.29) is 5.91 Å². The molecule has 0 aromatic heterocycles. The first-order valence-corrected chi connectivity index (χ1v) is 8.43. The third kappa shape index (κ3) is 5.57. The normalized spacial score (nSPS) is 23.7. The molecule has 2 rings (SSSR count). The molecule has 1 amide bonds. The van der Waals surface area contributed by atoms with E-state index in [0.717, 1.165) is 51.9 Å². The highest BCUT2D eigenvalue weighted by atomic mass is 16.5. The largest absolute Gasteiger partial charge is 0.378 e. The Balaban J connectivity index is 1.61. The third-order valence-electron chi connectivity index (χ3n) is 4.79. The number of nitrogens with one attached hydrogen (secondary N) is 1. The first-order chi connectivity index (χ1) is 10.2. The minimum atomic E-state index is 0.239. The van der Waals surface area contributed by atoms with Crippen LogP contribution in [0.4, 0.5) is 0 Å². The second-order valence-corrected chi connectivity index (χ2v) is 6.49. The van der Waals surface area contributed by atoms with Crippen LogP contribution in [0.15, 0.2) is 0 Å². The Labute approximate surface area is 129 Å². The quantitative estimate of drug-likeness (QED) is 0.764. The average molecular weight is 297 g/mol. The first kappa shape index (κ1) is 16.7. The van der Waals surface area contributed by atoms with Gasteiger partial charge in [-0.05, 0) is 58.7 Å². The molecule has 0 spiro atoms. The maximum Gasteiger partial charge on any atom is 0.236 e. The zero-order valence-electron chi connectivity index (χ0n) is 13.6. The summed E-state index contributed by atoms with van der Waals surface area (Å²) in [6.45, 7) is 4.45. The molecule has 2 heterocycles. The molecular weight excluding hydrogens is 266 g/mol. The number of amides is 1. The smallest absolute Gasteiger partial charge is 0.236 e. The number of carbonyl (C=O) groups excluding carboxylic acids is 1. The SMILES string of the molecule is CN(CCC[C@H]1CCCO1)C(=O)CN(C)C1CCNCC1. The van der Waals surface area contributed by atoms with E-state index in [9.17, 15) is 4.79 Å². The van der Waals surface area contributed by atoms with Gasteiger partial charge in [0, 0.05) is 26.2 Å². The van der Waals surface area contributed by atoms with Gasteiger partial charge in [-0.2, -0.15) is 0 Å². The molecule has 0 radical (unpaired) electrons. The van der Waals surface area contributed by atoms with E-state index in [1.165, 1.54) is 12.8 Å². The summed E-state index contributed by atoms with van der Waals surface area (Å²) < 4.78 is 5.62. The van der Waals surface area contributed by atoms with Gasteiger partial charge in [0.15, 0.2) is 0 Å². The van der Waals surface area contributed by atoms with Gasteiger partial charge in [0.05, 0.1) is 12.6 Å². The van der Waals surface area contributed by atoms with Crippen molar-refractivity contribution in [3.8, 4) is 0 Å². The molecule has 0 bridgehead atoms. The summed E-state index contributed by atoms with van der Waals surface area (Å²) in [5.41, 5.74) is 0. The maximum absolute atomic E-state index is 12.3. The molecule has 2 saturated heterocycles. The Kier molecular flexibility index (Phi) is 6.93. The molecular formula is C16H31N3O2. The number of ether oxygens (including phenoxy) is 1. The van der Waals surface area contributed by atoms with Crippen LogP contribution >= 0.6 is 0 Å². The van der Waals surface area contributed by atoms with Gasteiger partial charge in [-0.15, -0.1) is 0 Å². The fourth-order valence-corrected chi connectivity index (χ4v) is 3.26. The summed E-state index contributed by atoms with van der Waals surface area (Å²) in [5, 5.41) is 3.37. The Bertz CT molecular complexity index is 313. The van der Waals surface area contributed by atoms with E-state index >= 15 is 0 Å². The summed E-state index contributed by atoms with van der Waals surface area (Å²) in [4.78, 5) is 16.4. The van der Waals surface area contributed by atoms with E-state index in [0.29, 0.717) is 18.7 Å². The fourth-order valence-electron chi connectivity index (χ4n) is 3.26. The Morgan fingerprint density at radius 3 is 2.67 bits per heavy atom. The summed E-state index contributed by atoms with van der Waals surface area (Å²) in [6, 6.07) is 0.551. The Morgan fingerprint density at radius 2 is 2.00 bits per heavy atom. The van der Waals surface area contributed by atoms with Crippen LogP contribution in [0, 0.1) is 0 Å². The summed E-state index contributed by atoms with van der Waals surface area (Å²) in [6.07, 6.45) is 7.24. The predicted molar refractivity (Wildman–Crippen MR) is 84.4 cm³/mol. The number of hydrogen-bond donors (Lipinski definition) is 1. The minimum Gasteiger partial charge on any atom is -0.378 e. The van der Waals surface area contributed by atoms with Crippen LogP contribution in [-0.4, -0.2) is 74.7 Å². The van der Waals surface area contributed by atoms with Crippen LogP contribution in [0.2, 0.25) is 0 Å². The lowest BCUT2D eigenvalue weighted by molar-refractivity contribution is -0.131. The van der Waals surface area contributed by atoms with E-state index in [1.54, 1.807) is 0 Å². The standard InChI is InChI=1S/C16H31N3O2/c1-18(11-3-5-15-6-4-12-21-15)16(20)13-19(2)14-7-9-17-10-8-14/h14-15,17H,3-13H2,1-2H3/t15-/m0/s1. The first-order valence-electron chi connectivity index (χ1n) is 8.43. The molecule has 0 aliphatic carbocycles. The number of piperidine rings is 1. The Hall–Kier alpha value is -0.650. The van der Waals surface area contributed by atoms with E-state index < -0.39 is 0 Å². The van der Waals surface area contributed by atoms with Gasteiger partial charge in [0.2, 0.25) is 5.91 Å². The summed E-state index contributed by atoms with van der Waals surface area (Å²) in [7, 11) is 4.00. The number of hydrogen-bond acceptors (Lipinski definition) is 4. The van der Waals surface area contributed by atoms with Gasteiger partial charge in [-0.25, -0.2) is 0 Å². The number of nitrogens with zero attached hydrogens (tertiary/aromatic N) is 2. The van der Waals surface area contributed by atoms with Gasteiger partial charge in [-0.3, -0.25) is 9.69 Å².